The molecule has 0 bridgehead atoms. The molecule has 0 atom stereocenters. The van der Waals surface area contributed by atoms with Gasteiger partial charge in [-0.2, -0.15) is 5.26 Å². The first kappa shape index (κ1) is 24.1. The highest BCUT2D eigenvalue weighted by atomic mass is 35.5. The van der Waals surface area contributed by atoms with Gasteiger partial charge in [0.25, 0.3) is 0 Å². The first-order chi connectivity index (χ1) is 17.6. The molecule has 0 unspecified atom stereocenters. The van der Waals surface area contributed by atoms with E-state index in [1.165, 1.54) is 32.4 Å². The van der Waals surface area contributed by atoms with E-state index in [4.69, 9.17) is 11.6 Å². The van der Waals surface area contributed by atoms with Crippen LogP contribution in [0.4, 0.5) is 22.0 Å². The number of nitrogens with one attached hydrogen (secondary N) is 2. The molecule has 0 spiro atoms. The maximum Gasteiger partial charge on any atom is 0.324 e. The highest BCUT2D eigenvalue weighted by Gasteiger charge is 2.26. The van der Waals surface area contributed by atoms with Crippen molar-refractivity contribution in [2.75, 3.05) is 41.7 Å². The minimum absolute atomic E-state index is 0.302. The number of piperidine rings is 2. The lowest BCUT2D eigenvalue weighted by molar-refractivity contribution is 0.141. The fourth-order valence-electron chi connectivity index (χ4n) is 5.05. The molecule has 36 heavy (non-hydrogen) atoms. The molecule has 3 heterocycles. The Kier molecular flexibility index (Phi) is 7.35. The van der Waals surface area contributed by atoms with E-state index < -0.39 is 6.03 Å². The van der Waals surface area contributed by atoms with E-state index in [0.717, 1.165) is 37.3 Å². The van der Waals surface area contributed by atoms with Crippen molar-refractivity contribution in [3.63, 3.8) is 0 Å². The zero-order chi connectivity index (χ0) is 24.9. The number of carbonyl (C=O) groups is 1. The summed E-state index contributed by atoms with van der Waals surface area (Å²) in [5, 5.41) is 23.9. The second-order valence-corrected chi connectivity index (χ2v) is 9.70. The third-order valence-corrected chi connectivity index (χ3v) is 7.17. The molecule has 2 aromatic carbocycles. The maximum atomic E-state index is 12.5. The zero-order valence-electron chi connectivity index (χ0n) is 20.0. The largest absolute Gasteiger partial charge is 0.370 e. The second-order valence-electron chi connectivity index (χ2n) is 9.26. The summed E-state index contributed by atoms with van der Waals surface area (Å²) in [5.74, 6) is 0.302. The third kappa shape index (κ3) is 5.61. The van der Waals surface area contributed by atoms with Gasteiger partial charge < -0.3 is 15.1 Å². The highest BCUT2D eigenvalue weighted by Crippen LogP contribution is 2.29. The van der Waals surface area contributed by atoms with Gasteiger partial charge in [0, 0.05) is 29.8 Å². The number of benzene rings is 2. The first-order valence-electron chi connectivity index (χ1n) is 12.4. The predicted molar refractivity (Wildman–Crippen MR) is 141 cm³/mol. The minimum atomic E-state index is -0.461. The number of nitrogens with zero attached hydrogens (tertiary/aromatic N) is 6. The number of rotatable bonds is 5. The van der Waals surface area contributed by atoms with Crippen LogP contribution < -0.4 is 15.5 Å². The number of nitriles is 1. The molecule has 2 saturated heterocycles. The van der Waals surface area contributed by atoms with Gasteiger partial charge in [0.05, 0.1) is 23.1 Å². The van der Waals surface area contributed by atoms with E-state index >= 15 is 0 Å². The SMILES string of the molecule is N#Cc1cc(NC(=O)Nc2cn(-c3ccc(Cl)cc3)nn2)ccc1N1CCC(N2CCCCC2)CC1. The summed E-state index contributed by atoms with van der Waals surface area (Å²) < 4.78 is 1.54. The van der Waals surface area contributed by atoms with Crippen LogP contribution in [0.3, 0.4) is 0 Å². The van der Waals surface area contributed by atoms with Crippen molar-refractivity contribution in [2.45, 2.75) is 38.1 Å². The molecule has 2 aliphatic heterocycles. The number of carbonyl (C=O) groups excluding carboxylic acids is 1. The fraction of sp³-hybridized carbons (Fsp3) is 0.385. The summed E-state index contributed by atoms with van der Waals surface area (Å²) >= 11 is 5.93. The lowest BCUT2D eigenvalue weighted by Crippen LogP contribution is -2.46. The van der Waals surface area contributed by atoms with E-state index in [1.54, 1.807) is 29.1 Å². The van der Waals surface area contributed by atoms with Gasteiger partial charge in [-0.15, -0.1) is 5.10 Å². The molecule has 10 heteroatoms. The van der Waals surface area contributed by atoms with Crippen LogP contribution in [0.15, 0.2) is 48.7 Å². The van der Waals surface area contributed by atoms with E-state index in [2.05, 4.69) is 36.8 Å². The molecule has 9 nitrogen and oxygen atoms in total. The molecule has 0 radical (unpaired) electrons. The van der Waals surface area contributed by atoms with Gasteiger partial charge >= 0.3 is 6.03 Å². The van der Waals surface area contributed by atoms with Gasteiger partial charge in [0.2, 0.25) is 0 Å². The normalized spacial score (nSPS) is 16.9. The summed E-state index contributed by atoms with van der Waals surface area (Å²) in [6, 6.07) is 15.1. The monoisotopic (exact) mass is 504 g/mol. The Hall–Kier alpha value is -3.61. The molecule has 1 aromatic heterocycles. The first-order valence-corrected chi connectivity index (χ1v) is 12.8. The van der Waals surface area contributed by atoms with Crippen LogP contribution in [0.25, 0.3) is 5.69 Å². The van der Waals surface area contributed by atoms with Crippen LogP contribution in [-0.4, -0.2) is 58.1 Å². The molecule has 2 amide bonds. The van der Waals surface area contributed by atoms with Crippen LogP contribution in [0, 0.1) is 11.3 Å². The van der Waals surface area contributed by atoms with Crippen molar-refractivity contribution in [3.8, 4) is 11.8 Å². The third-order valence-electron chi connectivity index (χ3n) is 6.91. The lowest BCUT2D eigenvalue weighted by atomic mass is 9.99. The van der Waals surface area contributed by atoms with Crippen molar-refractivity contribution in [3.05, 3.63) is 59.2 Å². The average Bonchev–Trinajstić information content (AvgIpc) is 3.38. The molecule has 0 aliphatic carbocycles. The molecule has 2 fully saturated rings. The van der Waals surface area contributed by atoms with Crippen molar-refractivity contribution < 1.29 is 4.79 Å². The number of urea groups is 1. The van der Waals surface area contributed by atoms with Gasteiger partial charge in [0.1, 0.15) is 6.07 Å². The van der Waals surface area contributed by atoms with E-state index in [-0.39, 0.29) is 0 Å². The zero-order valence-corrected chi connectivity index (χ0v) is 20.8. The molecule has 2 aliphatic rings. The van der Waals surface area contributed by atoms with Crippen LogP contribution in [0.2, 0.25) is 5.02 Å². The molecule has 3 aromatic rings. The van der Waals surface area contributed by atoms with Gasteiger partial charge in [-0.1, -0.05) is 23.2 Å². The van der Waals surface area contributed by atoms with Crippen LogP contribution >= 0.6 is 11.6 Å². The Bertz CT molecular complexity index is 1240. The highest BCUT2D eigenvalue weighted by molar-refractivity contribution is 6.30. The summed E-state index contributed by atoms with van der Waals surface area (Å²) in [6.07, 6.45) is 7.81. The molecular formula is C26H29ClN8O. The Morgan fingerprint density at radius 1 is 1.00 bits per heavy atom. The van der Waals surface area contributed by atoms with Crippen molar-refractivity contribution in [1.29, 1.82) is 5.26 Å². The lowest BCUT2D eigenvalue weighted by Gasteiger charge is -2.41. The topological polar surface area (TPSA) is 102 Å². The van der Waals surface area contributed by atoms with Crippen LogP contribution in [-0.2, 0) is 0 Å². The average molecular weight is 505 g/mol. The predicted octanol–water partition coefficient (Wildman–Crippen LogP) is 4.89. The Labute approximate surface area is 215 Å². The standard InChI is InChI=1S/C26H29ClN8O/c27-20-4-7-23(8-5-20)35-18-25(31-32-35)30-26(36)29-21-6-9-24(19(16-21)17-28)34-14-10-22(11-15-34)33-12-2-1-3-13-33/h4-9,16,18,22H,1-3,10-15H2,(H2,29,30,36). The Balaban J connectivity index is 1.18. The molecule has 186 valence electrons. The summed E-state index contributed by atoms with van der Waals surface area (Å²) in [7, 11) is 0. The molecule has 2 N–H and O–H groups in total. The van der Waals surface area contributed by atoms with Crippen LogP contribution in [0.1, 0.15) is 37.7 Å². The van der Waals surface area contributed by atoms with Crippen LogP contribution in [0.5, 0.6) is 0 Å². The second kappa shape index (κ2) is 11.0. The summed E-state index contributed by atoms with van der Waals surface area (Å²) in [6.45, 7) is 4.31. The van der Waals surface area contributed by atoms with Gasteiger partial charge in [0.15, 0.2) is 5.82 Å². The van der Waals surface area contributed by atoms with E-state index in [1.807, 2.05) is 24.3 Å². The van der Waals surface area contributed by atoms with Crippen molar-refractivity contribution in [1.82, 2.24) is 19.9 Å². The number of hydrogen-bond donors (Lipinski definition) is 2. The van der Waals surface area contributed by atoms with E-state index in [0.29, 0.717) is 28.1 Å². The number of hydrogen-bond acceptors (Lipinski definition) is 6. The quantitative estimate of drug-likeness (QED) is 0.513. The molecular weight excluding hydrogens is 476 g/mol. The van der Waals surface area contributed by atoms with Gasteiger partial charge in [-0.3, -0.25) is 5.32 Å². The number of aromatic nitrogens is 3. The number of anilines is 3. The molecule has 5 rings (SSSR count). The van der Waals surface area contributed by atoms with Crippen molar-refractivity contribution >= 4 is 34.8 Å². The van der Waals surface area contributed by atoms with Crippen molar-refractivity contribution in [2.24, 2.45) is 0 Å². The van der Waals surface area contributed by atoms with Gasteiger partial charge in [-0.25, -0.2) is 9.48 Å². The fourth-order valence-corrected chi connectivity index (χ4v) is 5.18. The van der Waals surface area contributed by atoms with Gasteiger partial charge in [-0.05, 0) is 81.2 Å². The molecule has 0 saturated carbocycles. The summed E-state index contributed by atoms with van der Waals surface area (Å²) in [4.78, 5) is 17.5. The smallest absolute Gasteiger partial charge is 0.324 e. The summed E-state index contributed by atoms with van der Waals surface area (Å²) in [5.41, 5.74) is 2.79. The number of amides is 2. The number of likely N-dealkylation sites (tertiary alicyclic amines) is 1. The number of halogens is 1. The Morgan fingerprint density at radius 2 is 1.75 bits per heavy atom. The minimum Gasteiger partial charge on any atom is -0.370 e. The maximum absolute atomic E-state index is 12.5. The Morgan fingerprint density at radius 3 is 2.47 bits per heavy atom. The van der Waals surface area contributed by atoms with E-state index in [9.17, 15) is 10.1 Å².